The number of piperidine rings is 3. The number of thiophene rings is 1. The molecule has 1 saturated carbocycles. The predicted octanol–water partition coefficient (Wildman–Crippen LogP) is 4.70. The lowest BCUT2D eigenvalue weighted by atomic mass is 9.77. The van der Waals surface area contributed by atoms with Crippen LogP contribution in [0.3, 0.4) is 0 Å². The highest BCUT2D eigenvalue weighted by molar-refractivity contribution is 7.21. The molecule has 1 aromatic carbocycles. The maximum atomic E-state index is 13.1. The number of halogens is 1. The molecule has 1 aliphatic carbocycles. The van der Waals surface area contributed by atoms with Crippen LogP contribution in [-0.2, 0) is 0 Å². The average Bonchev–Trinajstić information content (AvgIpc) is 3.30. The van der Waals surface area contributed by atoms with Gasteiger partial charge in [0.15, 0.2) is 5.75 Å². The second-order valence-corrected chi connectivity index (χ2v) is 9.91. The number of nitrogens with one attached hydrogen (secondary N) is 1. The maximum Gasteiger partial charge on any atom is 0.261 e. The van der Waals surface area contributed by atoms with E-state index in [0.717, 1.165) is 15.0 Å². The monoisotopic (exact) mass is 404 g/mol. The van der Waals surface area contributed by atoms with Crippen LogP contribution < -0.4 is 10.1 Å². The van der Waals surface area contributed by atoms with E-state index < -0.39 is 0 Å². The fourth-order valence-corrected chi connectivity index (χ4v) is 6.36. The van der Waals surface area contributed by atoms with Crippen molar-refractivity contribution in [3.8, 4) is 5.75 Å². The normalized spacial score (nSPS) is 28.1. The van der Waals surface area contributed by atoms with Crippen LogP contribution in [0.2, 0.25) is 5.02 Å². The Morgan fingerprint density at radius 3 is 2.74 bits per heavy atom. The first-order valence-corrected chi connectivity index (χ1v) is 11.1. The highest BCUT2D eigenvalue weighted by Gasteiger charge is 2.60. The molecular weight excluding hydrogens is 380 g/mol. The van der Waals surface area contributed by atoms with E-state index in [2.05, 4.69) is 10.2 Å². The summed E-state index contributed by atoms with van der Waals surface area (Å²) in [6.45, 7) is 6.38. The summed E-state index contributed by atoms with van der Waals surface area (Å²) in [4.78, 5) is 16.5. The fraction of sp³-hybridized carbons (Fsp3) is 0.571. The summed E-state index contributed by atoms with van der Waals surface area (Å²) in [5, 5.41) is 5.02. The number of rotatable bonds is 4. The molecule has 4 aliphatic rings. The van der Waals surface area contributed by atoms with Crippen molar-refractivity contribution in [2.75, 3.05) is 13.1 Å². The summed E-state index contributed by atoms with van der Waals surface area (Å²) in [7, 11) is 0. The van der Waals surface area contributed by atoms with E-state index in [1.54, 1.807) is 0 Å². The van der Waals surface area contributed by atoms with Gasteiger partial charge in [0, 0.05) is 5.54 Å². The second-order valence-electron chi connectivity index (χ2n) is 8.45. The Balaban J connectivity index is 1.43. The minimum atomic E-state index is 0.0361. The molecule has 4 fully saturated rings. The molecule has 2 bridgehead atoms. The lowest BCUT2D eigenvalue weighted by Gasteiger charge is -2.52. The molecule has 1 spiro atoms. The third-order valence-corrected chi connectivity index (χ3v) is 7.89. The van der Waals surface area contributed by atoms with Crippen molar-refractivity contribution < 1.29 is 9.53 Å². The van der Waals surface area contributed by atoms with Crippen molar-refractivity contribution in [2.24, 2.45) is 5.92 Å². The van der Waals surface area contributed by atoms with E-state index in [1.165, 1.54) is 50.1 Å². The smallest absolute Gasteiger partial charge is 0.261 e. The molecule has 4 heterocycles. The molecule has 1 N–H and O–H groups in total. The van der Waals surface area contributed by atoms with Crippen molar-refractivity contribution in [1.82, 2.24) is 10.2 Å². The maximum absolute atomic E-state index is 13.1. The van der Waals surface area contributed by atoms with Gasteiger partial charge in [0.25, 0.3) is 5.91 Å². The van der Waals surface area contributed by atoms with Gasteiger partial charge in [-0.3, -0.25) is 9.69 Å². The molecule has 2 aromatic rings. The molecule has 1 amide bonds. The molecule has 1 aromatic heterocycles. The van der Waals surface area contributed by atoms with Gasteiger partial charge in [0.1, 0.15) is 0 Å². The zero-order valence-corrected chi connectivity index (χ0v) is 17.3. The third kappa shape index (κ3) is 2.86. The van der Waals surface area contributed by atoms with E-state index in [-0.39, 0.29) is 17.6 Å². The van der Waals surface area contributed by atoms with Crippen molar-refractivity contribution in [2.45, 2.75) is 57.2 Å². The van der Waals surface area contributed by atoms with Gasteiger partial charge in [-0.2, -0.15) is 0 Å². The largest absolute Gasteiger partial charge is 0.488 e. The Morgan fingerprint density at radius 1 is 1.33 bits per heavy atom. The first-order valence-electron chi connectivity index (χ1n) is 9.92. The summed E-state index contributed by atoms with van der Waals surface area (Å²) < 4.78 is 6.88. The lowest BCUT2D eigenvalue weighted by Crippen LogP contribution is -2.65. The molecule has 4 nitrogen and oxygen atoms in total. The zero-order chi connectivity index (χ0) is 18.8. The Kier molecular flexibility index (Phi) is 4.19. The molecule has 0 unspecified atom stereocenters. The first kappa shape index (κ1) is 17.8. The number of fused-ring (bicyclic) bond motifs is 3. The summed E-state index contributed by atoms with van der Waals surface area (Å²) in [6, 6.07) is 6.09. The number of amides is 1. The van der Waals surface area contributed by atoms with Gasteiger partial charge in [-0.1, -0.05) is 17.7 Å². The second kappa shape index (κ2) is 6.36. The van der Waals surface area contributed by atoms with Crippen LogP contribution >= 0.6 is 22.9 Å². The molecule has 144 valence electrons. The fourth-order valence-electron chi connectivity index (χ4n) is 5.04. The average molecular weight is 405 g/mol. The van der Waals surface area contributed by atoms with Gasteiger partial charge in [0.05, 0.1) is 26.7 Å². The number of hydrogen-bond acceptors (Lipinski definition) is 4. The van der Waals surface area contributed by atoms with Gasteiger partial charge in [-0.05, 0) is 76.1 Å². The van der Waals surface area contributed by atoms with Crippen molar-refractivity contribution in [1.29, 1.82) is 0 Å². The third-order valence-electron chi connectivity index (χ3n) is 6.44. The van der Waals surface area contributed by atoms with E-state index in [4.69, 9.17) is 16.3 Å². The van der Waals surface area contributed by atoms with Gasteiger partial charge in [-0.25, -0.2) is 0 Å². The van der Waals surface area contributed by atoms with Crippen LogP contribution in [0.15, 0.2) is 18.2 Å². The van der Waals surface area contributed by atoms with Crippen LogP contribution in [0, 0.1) is 5.92 Å². The molecule has 1 atom stereocenters. The Bertz CT molecular complexity index is 897. The Hall–Kier alpha value is -1.30. The molecular formula is C21H25ClN2O2S. The topological polar surface area (TPSA) is 41.6 Å². The number of nitrogens with zero attached hydrogens (tertiary/aromatic N) is 1. The van der Waals surface area contributed by atoms with Crippen molar-refractivity contribution >= 4 is 38.9 Å². The van der Waals surface area contributed by atoms with Crippen LogP contribution in [0.4, 0.5) is 0 Å². The number of hydrogen-bond donors (Lipinski definition) is 1. The predicted molar refractivity (Wildman–Crippen MR) is 110 cm³/mol. The summed E-state index contributed by atoms with van der Waals surface area (Å²) >= 11 is 7.84. The van der Waals surface area contributed by atoms with Gasteiger partial charge in [0.2, 0.25) is 0 Å². The zero-order valence-electron chi connectivity index (χ0n) is 15.8. The summed E-state index contributed by atoms with van der Waals surface area (Å²) in [5.74, 6) is 1.37. The highest BCUT2D eigenvalue weighted by atomic mass is 35.5. The number of benzene rings is 1. The van der Waals surface area contributed by atoms with Crippen LogP contribution in [0.25, 0.3) is 10.1 Å². The Labute approximate surface area is 168 Å². The standard InChI is InChI=1S/C21H25ClN2O2S/c1-12(2)26-17-15(22)4-3-14-11-16(27-18(14)17)20(25)23-19-13-5-9-24(10-6-13)21(19)7-8-21/h3-4,11-13,19H,5-10H2,1-2H3,(H,23,25)/t19-/m0/s1. The molecule has 6 rings (SSSR count). The lowest BCUT2D eigenvalue weighted by molar-refractivity contribution is -0.00138. The SMILES string of the molecule is CC(C)Oc1c(Cl)ccc2cc(C(=O)N[C@H]3C4CCN(CC4)C34CC4)sc12. The van der Waals surface area contributed by atoms with E-state index in [0.29, 0.717) is 22.7 Å². The minimum Gasteiger partial charge on any atom is -0.488 e. The van der Waals surface area contributed by atoms with Crippen molar-refractivity contribution in [3.63, 3.8) is 0 Å². The minimum absolute atomic E-state index is 0.0361. The molecule has 3 saturated heterocycles. The van der Waals surface area contributed by atoms with E-state index in [9.17, 15) is 4.79 Å². The Morgan fingerprint density at radius 2 is 2.07 bits per heavy atom. The molecule has 0 radical (unpaired) electrons. The van der Waals surface area contributed by atoms with Gasteiger partial charge >= 0.3 is 0 Å². The summed E-state index contributed by atoms with van der Waals surface area (Å²) in [6.07, 6.45) is 4.91. The molecule has 3 aliphatic heterocycles. The van der Waals surface area contributed by atoms with Crippen LogP contribution in [0.5, 0.6) is 5.75 Å². The highest BCUT2D eigenvalue weighted by Crippen LogP contribution is 2.53. The number of carbonyl (C=O) groups excluding carboxylic acids is 1. The van der Waals surface area contributed by atoms with Crippen LogP contribution in [0.1, 0.15) is 49.2 Å². The molecule has 27 heavy (non-hydrogen) atoms. The summed E-state index contributed by atoms with van der Waals surface area (Å²) in [5.41, 5.74) is 0.253. The van der Waals surface area contributed by atoms with Gasteiger partial charge in [-0.15, -0.1) is 11.3 Å². The number of ether oxygens (including phenoxy) is 1. The molecule has 6 heteroatoms. The van der Waals surface area contributed by atoms with E-state index >= 15 is 0 Å². The first-order chi connectivity index (χ1) is 13.0. The van der Waals surface area contributed by atoms with Crippen molar-refractivity contribution in [3.05, 3.63) is 28.1 Å². The van der Waals surface area contributed by atoms with Crippen LogP contribution in [-0.4, -0.2) is 41.6 Å². The van der Waals surface area contributed by atoms with E-state index in [1.807, 2.05) is 32.0 Å². The number of carbonyl (C=O) groups is 1. The quantitative estimate of drug-likeness (QED) is 0.803. The van der Waals surface area contributed by atoms with Gasteiger partial charge < -0.3 is 10.1 Å².